The number of unbranched alkanes of at least 4 members (excludes halogenated alkanes) is 5. The Hall–Kier alpha value is -1.95. The minimum atomic E-state index is -0.143. The van der Waals surface area contributed by atoms with Gasteiger partial charge in [-0.05, 0) is 24.1 Å². The first-order chi connectivity index (χ1) is 12.2. The minimum Gasteiger partial charge on any atom is -0.493 e. The molecule has 0 aliphatic heterocycles. The van der Waals surface area contributed by atoms with Gasteiger partial charge in [0.15, 0.2) is 11.5 Å². The smallest absolute Gasteiger partial charge is 0.315 e. The number of benzene rings is 1. The van der Waals surface area contributed by atoms with Crippen LogP contribution in [-0.4, -0.2) is 32.8 Å². The van der Waals surface area contributed by atoms with E-state index in [1.807, 2.05) is 18.2 Å². The summed E-state index contributed by atoms with van der Waals surface area (Å²) in [4.78, 5) is 11.8. The number of nitrogens with two attached hydrogens (primary N) is 1. The van der Waals surface area contributed by atoms with Crippen molar-refractivity contribution in [2.24, 2.45) is 5.73 Å². The molecule has 0 spiro atoms. The van der Waals surface area contributed by atoms with Crippen LogP contribution in [0.15, 0.2) is 18.2 Å². The molecule has 25 heavy (non-hydrogen) atoms. The van der Waals surface area contributed by atoms with Crippen LogP contribution in [-0.2, 0) is 6.54 Å². The van der Waals surface area contributed by atoms with Gasteiger partial charge in [-0.15, -0.1) is 0 Å². The topological polar surface area (TPSA) is 85.6 Å². The van der Waals surface area contributed by atoms with Crippen molar-refractivity contribution in [3.05, 3.63) is 23.8 Å². The summed E-state index contributed by atoms with van der Waals surface area (Å²) < 4.78 is 10.8. The van der Waals surface area contributed by atoms with Crippen molar-refractivity contribution in [1.29, 1.82) is 0 Å². The lowest BCUT2D eigenvalue weighted by Gasteiger charge is -2.12. The number of carbonyl (C=O) groups is 1. The number of carbonyl (C=O) groups excluding carboxylic acids is 1. The van der Waals surface area contributed by atoms with E-state index >= 15 is 0 Å². The average molecular weight is 351 g/mol. The number of urea groups is 1. The van der Waals surface area contributed by atoms with Crippen LogP contribution >= 0.6 is 0 Å². The summed E-state index contributed by atoms with van der Waals surface area (Å²) in [5, 5.41) is 5.75. The second-order valence-electron chi connectivity index (χ2n) is 6.00. The van der Waals surface area contributed by atoms with Crippen LogP contribution in [0.4, 0.5) is 4.79 Å². The molecule has 142 valence electrons. The van der Waals surface area contributed by atoms with Gasteiger partial charge in [0, 0.05) is 19.6 Å². The number of ether oxygens (including phenoxy) is 2. The molecular weight excluding hydrogens is 318 g/mol. The highest BCUT2D eigenvalue weighted by Gasteiger charge is 2.07. The highest BCUT2D eigenvalue weighted by molar-refractivity contribution is 5.73. The van der Waals surface area contributed by atoms with Gasteiger partial charge in [0.2, 0.25) is 0 Å². The molecule has 0 atom stereocenters. The summed E-state index contributed by atoms with van der Waals surface area (Å²) in [5.41, 5.74) is 6.39. The number of hydrogen-bond acceptors (Lipinski definition) is 4. The fraction of sp³-hybridized carbons (Fsp3) is 0.632. The van der Waals surface area contributed by atoms with Crippen molar-refractivity contribution >= 4 is 6.03 Å². The molecule has 0 fully saturated rings. The van der Waals surface area contributed by atoms with Gasteiger partial charge in [0.25, 0.3) is 0 Å². The molecular formula is C19H33N3O3. The van der Waals surface area contributed by atoms with Crippen molar-refractivity contribution < 1.29 is 14.3 Å². The maximum absolute atomic E-state index is 11.8. The van der Waals surface area contributed by atoms with Crippen LogP contribution in [0, 0.1) is 0 Å². The number of rotatable bonds is 13. The van der Waals surface area contributed by atoms with Crippen LogP contribution in [0.3, 0.4) is 0 Å². The van der Waals surface area contributed by atoms with Crippen molar-refractivity contribution in [1.82, 2.24) is 10.6 Å². The Morgan fingerprint density at radius 3 is 2.56 bits per heavy atom. The van der Waals surface area contributed by atoms with Crippen molar-refractivity contribution in [3.63, 3.8) is 0 Å². The molecule has 0 heterocycles. The first-order valence-electron chi connectivity index (χ1n) is 9.22. The van der Waals surface area contributed by atoms with Gasteiger partial charge in [-0.25, -0.2) is 4.79 Å². The third-order valence-electron chi connectivity index (χ3n) is 3.87. The maximum Gasteiger partial charge on any atom is 0.315 e. The van der Waals surface area contributed by atoms with Crippen molar-refractivity contribution in [3.8, 4) is 11.5 Å². The Morgan fingerprint density at radius 1 is 1.08 bits per heavy atom. The minimum absolute atomic E-state index is 0.143. The Labute approximate surface area is 151 Å². The fourth-order valence-corrected chi connectivity index (χ4v) is 2.46. The van der Waals surface area contributed by atoms with Crippen LogP contribution in [0.1, 0.15) is 51.0 Å². The van der Waals surface area contributed by atoms with E-state index < -0.39 is 0 Å². The van der Waals surface area contributed by atoms with Gasteiger partial charge < -0.3 is 25.8 Å². The normalized spacial score (nSPS) is 10.4. The lowest BCUT2D eigenvalue weighted by atomic mass is 10.1. The predicted molar refractivity (Wildman–Crippen MR) is 101 cm³/mol. The zero-order valence-corrected chi connectivity index (χ0v) is 15.6. The molecule has 1 aromatic carbocycles. The summed E-state index contributed by atoms with van der Waals surface area (Å²) in [6.45, 7) is 4.26. The Balaban J connectivity index is 2.26. The molecule has 0 saturated carbocycles. The quantitative estimate of drug-likeness (QED) is 0.476. The highest BCUT2D eigenvalue weighted by Crippen LogP contribution is 2.27. The van der Waals surface area contributed by atoms with E-state index in [1.165, 1.54) is 32.1 Å². The molecule has 0 radical (unpaired) electrons. The molecule has 0 saturated heterocycles. The molecule has 6 nitrogen and oxygen atoms in total. The standard InChI is InChI=1S/C19H33N3O3/c1-3-4-5-6-7-8-12-21-19(23)22-15-16-9-10-17(25-13-11-20)18(14-16)24-2/h9-10,14H,3-8,11-13,15,20H2,1-2H3,(H2,21,22,23). The van der Waals surface area contributed by atoms with Gasteiger partial charge in [0.1, 0.15) is 6.61 Å². The number of hydrogen-bond donors (Lipinski definition) is 3. The molecule has 0 bridgehead atoms. The first kappa shape index (κ1) is 21.1. The van der Waals surface area contributed by atoms with E-state index in [1.54, 1.807) is 7.11 Å². The van der Waals surface area contributed by atoms with Crippen LogP contribution < -0.4 is 25.8 Å². The molecule has 1 rings (SSSR count). The second kappa shape index (κ2) is 13.4. The van der Waals surface area contributed by atoms with Gasteiger partial charge in [-0.3, -0.25) is 0 Å². The summed E-state index contributed by atoms with van der Waals surface area (Å²) in [7, 11) is 1.59. The fourth-order valence-electron chi connectivity index (χ4n) is 2.46. The lowest BCUT2D eigenvalue weighted by molar-refractivity contribution is 0.240. The van der Waals surface area contributed by atoms with E-state index in [9.17, 15) is 4.79 Å². The summed E-state index contributed by atoms with van der Waals surface area (Å²) in [6, 6.07) is 5.46. The van der Waals surface area contributed by atoms with Crippen molar-refractivity contribution in [2.75, 3.05) is 26.8 Å². The third kappa shape index (κ3) is 9.19. The summed E-state index contributed by atoms with van der Waals surface area (Å²) in [6.07, 6.45) is 7.28. The van der Waals surface area contributed by atoms with Crippen molar-refractivity contribution in [2.45, 2.75) is 52.0 Å². The largest absolute Gasteiger partial charge is 0.493 e. The molecule has 2 amide bonds. The number of nitrogens with one attached hydrogen (secondary N) is 2. The molecule has 1 aromatic rings. The van der Waals surface area contributed by atoms with E-state index in [4.69, 9.17) is 15.2 Å². The monoisotopic (exact) mass is 351 g/mol. The van der Waals surface area contributed by atoms with Gasteiger partial charge in [-0.2, -0.15) is 0 Å². The Kier molecular flexibility index (Phi) is 11.3. The SMILES string of the molecule is CCCCCCCCNC(=O)NCc1ccc(OCCN)c(OC)c1. The Bertz CT molecular complexity index is 495. The zero-order chi connectivity index (χ0) is 18.3. The molecule has 0 unspecified atom stereocenters. The second-order valence-corrected chi connectivity index (χ2v) is 6.00. The number of amides is 2. The third-order valence-corrected chi connectivity index (χ3v) is 3.87. The van der Waals surface area contributed by atoms with E-state index in [0.29, 0.717) is 37.7 Å². The number of methoxy groups -OCH3 is 1. The zero-order valence-electron chi connectivity index (χ0n) is 15.6. The molecule has 4 N–H and O–H groups in total. The molecule has 0 aliphatic rings. The van der Waals surface area contributed by atoms with Gasteiger partial charge in [-0.1, -0.05) is 45.1 Å². The van der Waals surface area contributed by atoms with E-state index in [-0.39, 0.29) is 6.03 Å². The molecule has 0 aromatic heterocycles. The van der Waals surface area contributed by atoms with Crippen LogP contribution in [0.2, 0.25) is 0 Å². The van der Waals surface area contributed by atoms with Crippen LogP contribution in [0.25, 0.3) is 0 Å². The highest BCUT2D eigenvalue weighted by atomic mass is 16.5. The first-order valence-corrected chi connectivity index (χ1v) is 9.22. The van der Waals surface area contributed by atoms with Gasteiger partial charge >= 0.3 is 6.03 Å². The van der Waals surface area contributed by atoms with E-state index in [2.05, 4.69) is 17.6 Å². The average Bonchev–Trinajstić information content (AvgIpc) is 2.64. The van der Waals surface area contributed by atoms with E-state index in [0.717, 1.165) is 12.0 Å². The van der Waals surface area contributed by atoms with Gasteiger partial charge in [0.05, 0.1) is 7.11 Å². The summed E-state index contributed by atoms with van der Waals surface area (Å²) >= 11 is 0. The van der Waals surface area contributed by atoms with Crippen LogP contribution in [0.5, 0.6) is 11.5 Å². The molecule has 0 aliphatic carbocycles. The lowest BCUT2D eigenvalue weighted by Crippen LogP contribution is -2.35. The predicted octanol–water partition coefficient (Wildman–Crippen LogP) is 3.19. The maximum atomic E-state index is 11.8. The summed E-state index contributed by atoms with van der Waals surface area (Å²) in [5.74, 6) is 1.30. The molecule has 6 heteroatoms. The Morgan fingerprint density at radius 2 is 1.84 bits per heavy atom.